The molecule has 0 aromatic heterocycles. The molecular formula is C27H27N3O3. The van der Waals surface area contributed by atoms with Gasteiger partial charge in [-0.15, -0.1) is 0 Å². The van der Waals surface area contributed by atoms with Crippen molar-refractivity contribution in [3.05, 3.63) is 96.1 Å². The molecule has 3 aromatic rings. The van der Waals surface area contributed by atoms with Gasteiger partial charge in [0.05, 0.1) is 6.54 Å². The standard InChI is InChI=1S/C27H27N3O3/c31-25(20-28-26(32)23-10-5-2-6-11-23)29-16-7-17-30(19-18-29)27(33)24-14-12-22(13-15-24)21-8-3-1-4-9-21/h1-6,8-15H,7,16-20H2,(H,28,32). The third kappa shape index (κ3) is 5.66. The molecular weight excluding hydrogens is 414 g/mol. The van der Waals surface area contributed by atoms with E-state index in [9.17, 15) is 14.4 Å². The van der Waals surface area contributed by atoms with Gasteiger partial charge in [0.2, 0.25) is 5.91 Å². The molecule has 6 nitrogen and oxygen atoms in total. The summed E-state index contributed by atoms with van der Waals surface area (Å²) in [5, 5.41) is 2.68. The van der Waals surface area contributed by atoms with E-state index in [0.29, 0.717) is 43.7 Å². The molecule has 0 bridgehead atoms. The number of nitrogens with zero attached hydrogens (tertiary/aromatic N) is 2. The van der Waals surface area contributed by atoms with Crippen molar-refractivity contribution in [3.63, 3.8) is 0 Å². The fourth-order valence-corrected chi connectivity index (χ4v) is 3.95. The highest BCUT2D eigenvalue weighted by atomic mass is 16.2. The molecule has 6 heteroatoms. The molecule has 168 valence electrons. The van der Waals surface area contributed by atoms with Crippen molar-refractivity contribution < 1.29 is 14.4 Å². The van der Waals surface area contributed by atoms with Crippen molar-refractivity contribution >= 4 is 17.7 Å². The fraction of sp³-hybridized carbons (Fsp3) is 0.222. The van der Waals surface area contributed by atoms with Crippen LogP contribution in [0.25, 0.3) is 11.1 Å². The number of amides is 3. The van der Waals surface area contributed by atoms with Crippen LogP contribution in [0.4, 0.5) is 0 Å². The van der Waals surface area contributed by atoms with Crippen LogP contribution in [0.3, 0.4) is 0 Å². The first-order valence-corrected chi connectivity index (χ1v) is 11.2. The molecule has 1 N–H and O–H groups in total. The molecule has 0 aliphatic carbocycles. The van der Waals surface area contributed by atoms with E-state index < -0.39 is 0 Å². The Labute approximate surface area is 193 Å². The normalized spacial score (nSPS) is 13.8. The zero-order valence-electron chi connectivity index (χ0n) is 18.4. The maximum absolute atomic E-state index is 13.0. The second-order valence-corrected chi connectivity index (χ2v) is 8.02. The van der Waals surface area contributed by atoms with Gasteiger partial charge in [0.25, 0.3) is 11.8 Å². The quantitative estimate of drug-likeness (QED) is 0.659. The largest absolute Gasteiger partial charge is 0.343 e. The topological polar surface area (TPSA) is 69.7 Å². The van der Waals surface area contributed by atoms with Gasteiger partial charge in [-0.2, -0.15) is 0 Å². The minimum Gasteiger partial charge on any atom is -0.343 e. The number of nitrogens with one attached hydrogen (secondary N) is 1. The van der Waals surface area contributed by atoms with Gasteiger partial charge in [-0.1, -0.05) is 60.7 Å². The Morgan fingerprint density at radius 2 is 1.21 bits per heavy atom. The van der Waals surface area contributed by atoms with Gasteiger partial charge in [0.1, 0.15) is 0 Å². The molecule has 1 saturated heterocycles. The van der Waals surface area contributed by atoms with E-state index in [1.165, 1.54) is 0 Å². The van der Waals surface area contributed by atoms with Crippen molar-refractivity contribution in [1.82, 2.24) is 15.1 Å². The molecule has 33 heavy (non-hydrogen) atoms. The van der Waals surface area contributed by atoms with Crippen molar-refractivity contribution in [2.24, 2.45) is 0 Å². The Bertz CT molecular complexity index is 1100. The van der Waals surface area contributed by atoms with Gasteiger partial charge in [0.15, 0.2) is 0 Å². The second kappa shape index (κ2) is 10.6. The van der Waals surface area contributed by atoms with Crippen molar-refractivity contribution in [2.75, 3.05) is 32.7 Å². The summed E-state index contributed by atoms with van der Waals surface area (Å²) in [6.07, 6.45) is 0.701. The van der Waals surface area contributed by atoms with Crippen molar-refractivity contribution in [2.45, 2.75) is 6.42 Å². The lowest BCUT2D eigenvalue weighted by Gasteiger charge is -2.22. The zero-order valence-corrected chi connectivity index (χ0v) is 18.4. The molecule has 0 radical (unpaired) electrons. The average molecular weight is 442 g/mol. The SMILES string of the molecule is O=C(NCC(=O)N1CCCN(C(=O)c2ccc(-c3ccccc3)cc2)CC1)c1ccccc1. The molecule has 0 atom stereocenters. The Hall–Kier alpha value is -3.93. The molecule has 0 unspecified atom stereocenters. The smallest absolute Gasteiger partial charge is 0.253 e. The number of benzene rings is 3. The van der Waals surface area contributed by atoms with Crippen molar-refractivity contribution in [1.29, 1.82) is 0 Å². The molecule has 4 rings (SSSR count). The molecule has 3 aromatic carbocycles. The summed E-state index contributed by atoms with van der Waals surface area (Å²) in [7, 11) is 0. The van der Waals surface area contributed by atoms with E-state index in [2.05, 4.69) is 5.32 Å². The predicted molar refractivity (Wildman–Crippen MR) is 128 cm³/mol. The molecule has 1 fully saturated rings. The van der Waals surface area contributed by atoms with Crippen LogP contribution in [0.2, 0.25) is 0 Å². The predicted octanol–water partition coefficient (Wildman–Crippen LogP) is 3.46. The number of carbonyl (C=O) groups excluding carboxylic acids is 3. The average Bonchev–Trinajstić information content (AvgIpc) is 3.14. The van der Waals surface area contributed by atoms with Crippen LogP contribution < -0.4 is 5.32 Å². The first-order valence-electron chi connectivity index (χ1n) is 11.2. The maximum Gasteiger partial charge on any atom is 0.253 e. The third-order valence-electron chi connectivity index (χ3n) is 5.81. The number of carbonyl (C=O) groups is 3. The highest BCUT2D eigenvalue weighted by Crippen LogP contribution is 2.20. The molecule has 0 spiro atoms. The highest BCUT2D eigenvalue weighted by Gasteiger charge is 2.23. The summed E-state index contributed by atoms with van der Waals surface area (Å²) < 4.78 is 0. The lowest BCUT2D eigenvalue weighted by molar-refractivity contribution is -0.129. The van der Waals surface area contributed by atoms with E-state index in [1.807, 2.05) is 60.7 Å². The van der Waals surface area contributed by atoms with Crippen LogP contribution in [-0.2, 0) is 4.79 Å². The van der Waals surface area contributed by atoms with Gasteiger partial charge in [0, 0.05) is 37.3 Å². The van der Waals surface area contributed by atoms with Gasteiger partial charge in [-0.3, -0.25) is 14.4 Å². The molecule has 0 saturated carbocycles. The molecule has 1 aliphatic rings. The summed E-state index contributed by atoms with van der Waals surface area (Å²) in [5.41, 5.74) is 3.35. The monoisotopic (exact) mass is 441 g/mol. The first kappa shape index (κ1) is 22.3. The van der Waals surface area contributed by atoms with Crippen LogP contribution in [0.15, 0.2) is 84.9 Å². The van der Waals surface area contributed by atoms with Gasteiger partial charge < -0.3 is 15.1 Å². The molecule has 3 amide bonds. The fourth-order valence-electron chi connectivity index (χ4n) is 3.95. The minimum atomic E-state index is -0.269. The molecule has 1 aliphatic heterocycles. The zero-order chi connectivity index (χ0) is 23.0. The second-order valence-electron chi connectivity index (χ2n) is 8.02. The van der Waals surface area contributed by atoms with Crippen LogP contribution in [0.1, 0.15) is 27.1 Å². The summed E-state index contributed by atoms with van der Waals surface area (Å²) in [6.45, 7) is 2.03. The maximum atomic E-state index is 13.0. The Morgan fingerprint density at radius 3 is 1.91 bits per heavy atom. The van der Waals surface area contributed by atoms with Crippen LogP contribution in [0, 0.1) is 0 Å². The highest BCUT2D eigenvalue weighted by molar-refractivity contribution is 5.96. The first-order chi connectivity index (χ1) is 16.1. The lowest BCUT2D eigenvalue weighted by atomic mass is 10.0. The van der Waals surface area contributed by atoms with E-state index in [0.717, 1.165) is 11.1 Å². The Balaban J connectivity index is 1.30. The summed E-state index contributed by atoms with van der Waals surface area (Å²) in [4.78, 5) is 41.3. The summed E-state index contributed by atoms with van der Waals surface area (Å²) in [5.74, 6) is -0.434. The van der Waals surface area contributed by atoms with E-state index >= 15 is 0 Å². The van der Waals surface area contributed by atoms with E-state index in [4.69, 9.17) is 0 Å². The summed E-state index contributed by atoms with van der Waals surface area (Å²) >= 11 is 0. The number of hydrogen-bond donors (Lipinski definition) is 1. The van der Waals surface area contributed by atoms with Crippen molar-refractivity contribution in [3.8, 4) is 11.1 Å². The van der Waals surface area contributed by atoms with Gasteiger partial charge >= 0.3 is 0 Å². The van der Waals surface area contributed by atoms with E-state index in [-0.39, 0.29) is 24.3 Å². The minimum absolute atomic E-state index is 0.0266. The van der Waals surface area contributed by atoms with E-state index in [1.54, 1.807) is 34.1 Å². The molecule has 1 heterocycles. The lowest BCUT2D eigenvalue weighted by Crippen LogP contribution is -2.42. The van der Waals surface area contributed by atoms with Gasteiger partial charge in [-0.05, 0) is 41.8 Å². The van der Waals surface area contributed by atoms with Crippen LogP contribution in [-0.4, -0.2) is 60.2 Å². The van der Waals surface area contributed by atoms with Crippen LogP contribution >= 0.6 is 0 Å². The van der Waals surface area contributed by atoms with Gasteiger partial charge in [-0.25, -0.2) is 0 Å². The number of rotatable bonds is 5. The summed E-state index contributed by atoms with van der Waals surface area (Å²) in [6, 6.07) is 26.5. The Morgan fingerprint density at radius 1 is 0.636 bits per heavy atom. The Kier molecular flexibility index (Phi) is 7.15. The number of hydrogen-bond acceptors (Lipinski definition) is 3. The third-order valence-corrected chi connectivity index (χ3v) is 5.81. The van der Waals surface area contributed by atoms with Crippen LogP contribution in [0.5, 0.6) is 0 Å².